The van der Waals surface area contributed by atoms with Crippen LogP contribution in [-0.4, -0.2) is 43.9 Å². The Kier molecular flexibility index (Phi) is 7.65. The topological polar surface area (TPSA) is 106 Å². The Balaban J connectivity index is 1.89. The van der Waals surface area contributed by atoms with Crippen molar-refractivity contribution in [3.63, 3.8) is 0 Å². The molecule has 0 saturated carbocycles. The lowest BCUT2D eigenvalue weighted by molar-refractivity contribution is -0.123. The fourth-order valence-corrected chi connectivity index (χ4v) is 2.49. The highest BCUT2D eigenvalue weighted by molar-refractivity contribution is 5.96. The van der Waals surface area contributed by atoms with E-state index in [9.17, 15) is 9.59 Å². The summed E-state index contributed by atoms with van der Waals surface area (Å²) < 4.78 is 15.9. The predicted molar refractivity (Wildman–Crippen MR) is 103 cm³/mol. The van der Waals surface area contributed by atoms with Gasteiger partial charge in [0.05, 0.1) is 13.7 Å². The summed E-state index contributed by atoms with van der Waals surface area (Å²) in [6.45, 7) is 3.53. The number of aliphatic hydroxyl groups excluding tert-OH is 1. The molecular formula is C20H24N2O6. The van der Waals surface area contributed by atoms with Gasteiger partial charge in [0, 0.05) is 5.56 Å². The number of amides is 2. The molecule has 0 saturated heterocycles. The zero-order chi connectivity index (χ0) is 20.5. The van der Waals surface area contributed by atoms with Gasteiger partial charge in [-0.1, -0.05) is 6.07 Å². The van der Waals surface area contributed by atoms with Gasteiger partial charge < -0.3 is 19.3 Å². The highest BCUT2D eigenvalue weighted by atomic mass is 16.5. The van der Waals surface area contributed by atoms with Crippen molar-refractivity contribution < 1.29 is 28.9 Å². The molecule has 0 fully saturated rings. The van der Waals surface area contributed by atoms with Crippen LogP contribution in [0.3, 0.4) is 0 Å². The van der Waals surface area contributed by atoms with Crippen molar-refractivity contribution >= 4 is 11.8 Å². The summed E-state index contributed by atoms with van der Waals surface area (Å²) in [4.78, 5) is 24.1. The molecule has 2 aromatic carbocycles. The molecule has 2 rings (SSSR count). The molecule has 0 atom stereocenters. The van der Waals surface area contributed by atoms with E-state index >= 15 is 0 Å². The molecule has 150 valence electrons. The van der Waals surface area contributed by atoms with E-state index in [4.69, 9.17) is 19.3 Å². The lowest BCUT2D eigenvalue weighted by atomic mass is 10.1. The fraction of sp³-hybridized carbons (Fsp3) is 0.300. The van der Waals surface area contributed by atoms with Crippen molar-refractivity contribution in [2.24, 2.45) is 0 Å². The van der Waals surface area contributed by atoms with Crippen molar-refractivity contribution in [3.8, 4) is 17.2 Å². The second kappa shape index (κ2) is 10.2. The van der Waals surface area contributed by atoms with Crippen molar-refractivity contribution in [1.82, 2.24) is 10.9 Å². The van der Waals surface area contributed by atoms with Gasteiger partial charge in [-0.15, -0.1) is 0 Å². The molecule has 8 heteroatoms. The van der Waals surface area contributed by atoms with Crippen LogP contribution in [0.15, 0.2) is 36.4 Å². The maximum atomic E-state index is 12.2. The highest BCUT2D eigenvalue weighted by Gasteiger charge is 2.12. The van der Waals surface area contributed by atoms with E-state index in [0.717, 1.165) is 11.1 Å². The predicted octanol–water partition coefficient (Wildman–Crippen LogP) is 1.52. The maximum Gasteiger partial charge on any atom is 0.276 e. The van der Waals surface area contributed by atoms with Gasteiger partial charge in [0.25, 0.3) is 11.8 Å². The van der Waals surface area contributed by atoms with Gasteiger partial charge >= 0.3 is 0 Å². The number of nitrogens with one attached hydrogen (secondary N) is 2. The standard InChI is InChI=1S/C20H24N2O6/c1-13-8-14(2)10-16(9-13)28-12-19(24)21-22-20(25)15-4-5-17(26-3)18(11-15)27-7-6-23/h4-5,8-11,23H,6-7,12H2,1-3H3,(H,21,24)(H,22,25). The average Bonchev–Trinajstić information content (AvgIpc) is 2.67. The number of benzene rings is 2. The quantitative estimate of drug-likeness (QED) is 0.592. The number of carbonyl (C=O) groups excluding carboxylic acids is 2. The number of methoxy groups -OCH3 is 1. The Labute approximate surface area is 163 Å². The van der Waals surface area contributed by atoms with Crippen LogP contribution in [-0.2, 0) is 4.79 Å². The van der Waals surface area contributed by atoms with E-state index in [1.807, 2.05) is 32.0 Å². The number of rotatable bonds is 8. The molecule has 0 unspecified atom stereocenters. The van der Waals surface area contributed by atoms with Crippen LogP contribution < -0.4 is 25.1 Å². The third-order valence-electron chi connectivity index (χ3n) is 3.66. The zero-order valence-electron chi connectivity index (χ0n) is 16.1. The number of aliphatic hydroxyl groups is 1. The average molecular weight is 388 g/mol. The Morgan fingerprint density at radius 2 is 1.68 bits per heavy atom. The molecule has 0 heterocycles. The number of ether oxygens (including phenoxy) is 3. The van der Waals surface area contributed by atoms with E-state index in [2.05, 4.69) is 10.9 Å². The first-order valence-corrected chi connectivity index (χ1v) is 8.65. The summed E-state index contributed by atoms with van der Waals surface area (Å²) in [5.41, 5.74) is 6.92. The van der Waals surface area contributed by atoms with Gasteiger partial charge in [-0.05, 0) is 55.3 Å². The van der Waals surface area contributed by atoms with Gasteiger partial charge in [-0.3, -0.25) is 20.4 Å². The first-order valence-electron chi connectivity index (χ1n) is 8.65. The smallest absolute Gasteiger partial charge is 0.276 e. The van der Waals surface area contributed by atoms with Crippen molar-refractivity contribution in [2.75, 3.05) is 26.9 Å². The van der Waals surface area contributed by atoms with Crippen molar-refractivity contribution in [1.29, 1.82) is 0 Å². The van der Waals surface area contributed by atoms with Crippen LogP contribution in [0.1, 0.15) is 21.5 Å². The van der Waals surface area contributed by atoms with Crippen LogP contribution in [0, 0.1) is 13.8 Å². The number of hydrazine groups is 1. The first-order chi connectivity index (χ1) is 13.4. The number of aryl methyl sites for hydroxylation is 2. The van der Waals surface area contributed by atoms with Crippen LogP contribution in [0.5, 0.6) is 17.2 Å². The van der Waals surface area contributed by atoms with Gasteiger partial charge in [0.15, 0.2) is 18.1 Å². The molecule has 0 aliphatic rings. The summed E-state index contributed by atoms with van der Waals surface area (Å²) >= 11 is 0. The van der Waals surface area contributed by atoms with Crippen molar-refractivity contribution in [3.05, 3.63) is 53.1 Å². The molecule has 0 spiro atoms. The first kappa shape index (κ1) is 21.0. The van der Waals surface area contributed by atoms with E-state index in [1.54, 1.807) is 6.07 Å². The molecule has 0 radical (unpaired) electrons. The largest absolute Gasteiger partial charge is 0.493 e. The van der Waals surface area contributed by atoms with Crippen LogP contribution >= 0.6 is 0 Å². The molecule has 0 aromatic heterocycles. The second-order valence-electron chi connectivity index (χ2n) is 6.05. The van der Waals surface area contributed by atoms with E-state index < -0.39 is 11.8 Å². The summed E-state index contributed by atoms with van der Waals surface area (Å²) in [5, 5.41) is 8.87. The van der Waals surface area contributed by atoms with E-state index in [0.29, 0.717) is 17.2 Å². The molecular weight excluding hydrogens is 364 g/mol. The summed E-state index contributed by atoms with van der Waals surface area (Å²) in [7, 11) is 1.47. The Bertz CT molecular complexity index is 817. The number of hydrogen-bond donors (Lipinski definition) is 3. The molecule has 3 N–H and O–H groups in total. The lowest BCUT2D eigenvalue weighted by Gasteiger charge is -2.12. The van der Waals surface area contributed by atoms with Crippen LogP contribution in [0.4, 0.5) is 0 Å². The monoisotopic (exact) mass is 388 g/mol. The minimum absolute atomic E-state index is 0.0634. The lowest BCUT2D eigenvalue weighted by Crippen LogP contribution is -2.43. The summed E-state index contributed by atoms with van der Waals surface area (Å²) in [5.74, 6) is 0.290. The van der Waals surface area contributed by atoms with Gasteiger partial charge in [-0.25, -0.2) is 0 Å². The van der Waals surface area contributed by atoms with Crippen LogP contribution in [0.2, 0.25) is 0 Å². The minimum Gasteiger partial charge on any atom is -0.493 e. The number of hydrogen-bond acceptors (Lipinski definition) is 6. The zero-order valence-corrected chi connectivity index (χ0v) is 16.1. The maximum absolute atomic E-state index is 12.2. The van der Waals surface area contributed by atoms with Crippen molar-refractivity contribution in [2.45, 2.75) is 13.8 Å². The molecule has 2 aromatic rings. The summed E-state index contributed by atoms with van der Waals surface area (Å²) in [6, 6.07) is 10.2. The Morgan fingerprint density at radius 3 is 2.32 bits per heavy atom. The molecule has 28 heavy (non-hydrogen) atoms. The van der Waals surface area contributed by atoms with Crippen LogP contribution in [0.25, 0.3) is 0 Å². The minimum atomic E-state index is -0.531. The Hall–Kier alpha value is -3.26. The Morgan fingerprint density at radius 1 is 0.964 bits per heavy atom. The van der Waals surface area contributed by atoms with Gasteiger partial charge in [0.2, 0.25) is 0 Å². The molecule has 0 bridgehead atoms. The van der Waals surface area contributed by atoms with E-state index in [-0.39, 0.29) is 25.4 Å². The second-order valence-corrected chi connectivity index (χ2v) is 6.05. The van der Waals surface area contributed by atoms with E-state index in [1.165, 1.54) is 19.2 Å². The molecule has 2 amide bonds. The molecule has 8 nitrogen and oxygen atoms in total. The SMILES string of the molecule is COc1ccc(C(=O)NNC(=O)COc2cc(C)cc(C)c2)cc1OCCO. The number of carbonyl (C=O) groups is 2. The third-order valence-corrected chi connectivity index (χ3v) is 3.66. The van der Waals surface area contributed by atoms with Gasteiger partial charge in [0.1, 0.15) is 12.4 Å². The summed E-state index contributed by atoms with van der Waals surface area (Å²) in [6.07, 6.45) is 0. The highest BCUT2D eigenvalue weighted by Crippen LogP contribution is 2.27. The van der Waals surface area contributed by atoms with Gasteiger partial charge in [-0.2, -0.15) is 0 Å². The fourth-order valence-electron chi connectivity index (χ4n) is 2.49. The molecule has 0 aliphatic carbocycles. The normalized spacial score (nSPS) is 10.1. The molecule has 0 aliphatic heterocycles. The third kappa shape index (κ3) is 6.17.